The largest absolute Gasteiger partial charge is 0.481 e. The zero-order valence-electron chi connectivity index (χ0n) is 13.5. The molecule has 1 atom stereocenters. The number of amides is 1. The van der Waals surface area contributed by atoms with Crippen molar-refractivity contribution >= 4 is 22.8 Å². The molecule has 1 unspecified atom stereocenters. The van der Waals surface area contributed by atoms with Crippen molar-refractivity contribution in [2.45, 2.75) is 32.8 Å². The molecule has 0 saturated heterocycles. The monoisotopic (exact) mass is 333 g/mol. The predicted octanol–water partition coefficient (Wildman–Crippen LogP) is 1.85. The van der Waals surface area contributed by atoms with E-state index >= 15 is 0 Å². The normalized spacial score (nSPS) is 11.9. The molecule has 1 amide bonds. The summed E-state index contributed by atoms with van der Waals surface area (Å²) in [5.74, 6) is -0.836. The number of nitrogens with one attached hydrogen (secondary N) is 1. The van der Waals surface area contributed by atoms with Gasteiger partial charge in [0.25, 0.3) is 5.91 Å². The molecule has 0 radical (unpaired) electrons. The van der Waals surface area contributed by atoms with Gasteiger partial charge in [-0.25, -0.2) is 4.79 Å². The van der Waals surface area contributed by atoms with Gasteiger partial charge in [0.05, 0.1) is 0 Å². The molecule has 1 heterocycles. The minimum Gasteiger partial charge on any atom is -0.481 e. The van der Waals surface area contributed by atoms with Crippen molar-refractivity contribution in [2.24, 2.45) is 0 Å². The van der Waals surface area contributed by atoms with E-state index in [1.807, 2.05) is 6.92 Å². The molecule has 128 valence electrons. The molecule has 2 aromatic rings. The fourth-order valence-electron chi connectivity index (χ4n) is 2.23. The highest BCUT2D eigenvalue weighted by Gasteiger charge is 2.15. The molecule has 7 nitrogen and oxygen atoms in total. The Morgan fingerprint density at radius 1 is 1.33 bits per heavy atom. The minimum atomic E-state index is -0.901. The number of aryl methyl sites for hydroxylation is 1. The van der Waals surface area contributed by atoms with E-state index in [2.05, 4.69) is 5.32 Å². The lowest BCUT2D eigenvalue weighted by atomic mass is 10.1. The summed E-state index contributed by atoms with van der Waals surface area (Å²) in [5.41, 5.74) is 0.755. The first kappa shape index (κ1) is 17.5. The second-order valence-electron chi connectivity index (χ2n) is 5.45. The summed E-state index contributed by atoms with van der Waals surface area (Å²) in [7, 11) is 0. The van der Waals surface area contributed by atoms with Crippen LogP contribution in [0, 0.1) is 6.92 Å². The maximum Gasteiger partial charge on any atom is 0.336 e. The number of hydrogen-bond donors (Lipinski definition) is 2. The number of rotatable bonds is 7. The molecule has 0 aliphatic heterocycles. The molecular formula is C17H19NO6. The van der Waals surface area contributed by atoms with Crippen LogP contribution in [0.25, 0.3) is 11.0 Å². The first-order valence-electron chi connectivity index (χ1n) is 7.57. The fraction of sp³-hybridized carbons (Fsp3) is 0.353. The summed E-state index contributed by atoms with van der Waals surface area (Å²) in [6.07, 6.45) is -0.406. The van der Waals surface area contributed by atoms with Gasteiger partial charge in [0.2, 0.25) is 0 Å². The van der Waals surface area contributed by atoms with Crippen molar-refractivity contribution in [1.29, 1.82) is 0 Å². The van der Waals surface area contributed by atoms with Crippen molar-refractivity contribution in [3.8, 4) is 5.75 Å². The van der Waals surface area contributed by atoms with E-state index in [9.17, 15) is 14.4 Å². The molecule has 0 bridgehead atoms. The second kappa shape index (κ2) is 7.63. The minimum absolute atomic E-state index is 0.00141. The smallest absolute Gasteiger partial charge is 0.336 e. The molecule has 0 aliphatic rings. The van der Waals surface area contributed by atoms with Crippen molar-refractivity contribution in [2.75, 3.05) is 6.54 Å². The highest BCUT2D eigenvalue weighted by Crippen LogP contribution is 2.22. The Bertz CT molecular complexity index is 810. The number of hydrogen-bond acceptors (Lipinski definition) is 5. The van der Waals surface area contributed by atoms with Crippen LogP contribution >= 0.6 is 0 Å². The van der Waals surface area contributed by atoms with Crippen LogP contribution in [0.2, 0.25) is 0 Å². The standard InChI is InChI=1S/C17H19NO6/c1-10-8-16(21)24-14-9-12(5-6-13(10)14)23-11(2)17(22)18-7-3-4-15(19)20/h5-6,8-9,11H,3-4,7H2,1-2H3,(H,18,22)(H,19,20). The van der Waals surface area contributed by atoms with Gasteiger partial charge < -0.3 is 19.6 Å². The van der Waals surface area contributed by atoms with Crippen LogP contribution in [-0.2, 0) is 9.59 Å². The van der Waals surface area contributed by atoms with Crippen molar-refractivity contribution in [3.05, 3.63) is 40.2 Å². The average Bonchev–Trinajstić information content (AvgIpc) is 2.50. The highest BCUT2D eigenvalue weighted by atomic mass is 16.5. The molecule has 1 aromatic heterocycles. The highest BCUT2D eigenvalue weighted by molar-refractivity contribution is 5.82. The van der Waals surface area contributed by atoms with Gasteiger partial charge >= 0.3 is 11.6 Å². The number of carbonyl (C=O) groups is 2. The predicted molar refractivity (Wildman–Crippen MR) is 87.2 cm³/mol. The molecule has 1 aromatic carbocycles. The van der Waals surface area contributed by atoms with E-state index in [0.29, 0.717) is 17.8 Å². The number of carbonyl (C=O) groups excluding carboxylic acids is 1. The topological polar surface area (TPSA) is 106 Å². The van der Waals surface area contributed by atoms with Crippen molar-refractivity contribution < 1.29 is 23.8 Å². The number of carboxylic acids is 1. The van der Waals surface area contributed by atoms with E-state index in [-0.39, 0.29) is 18.9 Å². The molecule has 0 aliphatic carbocycles. The maximum absolute atomic E-state index is 11.9. The molecule has 24 heavy (non-hydrogen) atoms. The van der Waals surface area contributed by atoms with E-state index in [1.165, 1.54) is 6.07 Å². The third-order valence-electron chi connectivity index (χ3n) is 3.47. The first-order chi connectivity index (χ1) is 11.4. The third-order valence-corrected chi connectivity index (χ3v) is 3.47. The fourth-order valence-corrected chi connectivity index (χ4v) is 2.23. The Morgan fingerprint density at radius 3 is 2.79 bits per heavy atom. The second-order valence-corrected chi connectivity index (χ2v) is 5.45. The lowest BCUT2D eigenvalue weighted by molar-refractivity contribution is -0.137. The summed E-state index contributed by atoms with van der Waals surface area (Å²) in [6.45, 7) is 3.67. The van der Waals surface area contributed by atoms with Gasteiger partial charge in [0.1, 0.15) is 11.3 Å². The Hall–Kier alpha value is -2.83. The summed E-state index contributed by atoms with van der Waals surface area (Å²) in [6, 6.07) is 6.44. The Balaban J connectivity index is 1.99. The number of aliphatic carboxylic acids is 1. The quantitative estimate of drug-likeness (QED) is 0.592. The molecule has 2 rings (SSSR count). The van der Waals surface area contributed by atoms with Crippen LogP contribution in [0.4, 0.5) is 0 Å². The Labute approximate surface area is 138 Å². The van der Waals surface area contributed by atoms with Crippen LogP contribution < -0.4 is 15.7 Å². The maximum atomic E-state index is 11.9. The third kappa shape index (κ3) is 4.58. The van der Waals surface area contributed by atoms with Crippen molar-refractivity contribution in [3.63, 3.8) is 0 Å². The van der Waals surface area contributed by atoms with Gasteiger partial charge in [-0.15, -0.1) is 0 Å². The molecule has 7 heteroatoms. The average molecular weight is 333 g/mol. The van der Waals surface area contributed by atoms with Gasteiger partial charge in [-0.2, -0.15) is 0 Å². The summed E-state index contributed by atoms with van der Waals surface area (Å²) >= 11 is 0. The lowest BCUT2D eigenvalue weighted by Gasteiger charge is -2.15. The SMILES string of the molecule is Cc1cc(=O)oc2cc(OC(C)C(=O)NCCCC(=O)O)ccc12. The number of ether oxygens (including phenoxy) is 1. The molecule has 0 saturated carbocycles. The van der Waals surface area contributed by atoms with E-state index in [0.717, 1.165) is 10.9 Å². The van der Waals surface area contributed by atoms with Crippen LogP contribution in [0.1, 0.15) is 25.3 Å². The molecule has 0 fully saturated rings. The van der Waals surface area contributed by atoms with Crippen LogP contribution in [0.3, 0.4) is 0 Å². The Kier molecular flexibility index (Phi) is 5.57. The summed E-state index contributed by atoms with van der Waals surface area (Å²) in [4.78, 5) is 33.7. The molecule has 2 N–H and O–H groups in total. The molecule has 0 spiro atoms. The Morgan fingerprint density at radius 2 is 2.08 bits per heavy atom. The van der Waals surface area contributed by atoms with Crippen LogP contribution in [-0.4, -0.2) is 29.6 Å². The van der Waals surface area contributed by atoms with Gasteiger partial charge in [-0.05, 0) is 38.0 Å². The van der Waals surface area contributed by atoms with Gasteiger partial charge in [-0.3, -0.25) is 9.59 Å². The van der Waals surface area contributed by atoms with E-state index in [1.54, 1.807) is 25.1 Å². The van der Waals surface area contributed by atoms with Crippen molar-refractivity contribution in [1.82, 2.24) is 5.32 Å². The number of benzene rings is 1. The van der Waals surface area contributed by atoms with E-state index < -0.39 is 17.7 Å². The lowest BCUT2D eigenvalue weighted by Crippen LogP contribution is -2.36. The first-order valence-corrected chi connectivity index (χ1v) is 7.57. The van der Waals surface area contributed by atoms with Gasteiger partial charge in [-0.1, -0.05) is 0 Å². The molecular weight excluding hydrogens is 314 g/mol. The van der Waals surface area contributed by atoms with Gasteiger partial charge in [0.15, 0.2) is 6.10 Å². The zero-order valence-corrected chi connectivity index (χ0v) is 13.5. The number of fused-ring (bicyclic) bond motifs is 1. The van der Waals surface area contributed by atoms with Gasteiger partial charge in [0, 0.05) is 30.5 Å². The van der Waals surface area contributed by atoms with Crippen LogP contribution in [0.5, 0.6) is 5.75 Å². The summed E-state index contributed by atoms with van der Waals surface area (Å²) < 4.78 is 10.7. The zero-order chi connectivity index (χ0) is 17.7. The number of carboxylic acid groups (broad SMARTS) is 1. The van der Waals surface area contributed by atoms with Crippen LogP contribution in [0.15, 0.2) is 33.5 Å². The van der Waals surface area contributed by atoms with E-state index in [4.69, 9.17) is 14.3 Å². The summed E-state index contributed by atoms with van der Waals surface area (Å²) in [5, 5.41) is 12.0.